The van der Waals surface area contributed by atoms with Crippen molar-refractivity contribution in [2.45, 2.75) is 6.54 Å². The van der Waals surface area contributed by atoms with E-state index < -0.39 is 0 Å². The van der Waals surface area contributed by atoms with Crippen LogP contribution < -0.4 is 11.0 Å². The van der Waals surface area contributed by atoms with Crippen molar-refractivity contribution in [2.75, 3.05) is 0 Å². The summed E-state index contributed by atoms with van der Waals surface area (Å²) >= 11 is 5.88. The molecule has 0 saturated heterocycles. The topological polar surface area (TPSA) is 47.8 Å². The van der Waals surface area contributed by atoms with Crippen molar-refractivity contribution in [1.82, 2.24) is 14.5 Å². The van der Waals surface area contributed by atoms with Crippen LogP contribution in [0.3, 0.4) is 0 Å². The molecular formula is C22H15BClN3O. The molecule has 28 heavy (non-hydrogen) atoms. The minimum Gasteiger partial charge on any atom is -0.341 e. The summed E-state index contributed by atoms with van der Waals surface area (Å²) < 4.78 is 1.99. The Hall–Kier alpha value is -3.18. The zero-order valence-electron chi connectivity index (χ0n) is 15.0. The second kappa shape index (κ2) is 7.45. The molecule has 6 heteroatoms. The van der Waals surface area contributed by atoms with Crippen LogP contribution in [-0.2, 0) is 6.54 Å². The molecule has 0 unspecified atom stereocenters. The maximum atomic E-state index is 13.1. The second-order valence-corrected chi connectivity index (χ2v) is 6.81. The molecule has 0 bridgehead atoms. The normalized spacial score (nSPS) is 10.9. The predicted octanol–water partition coefficient (Wildman–Crippen LogP) is 3.35. The van der Waals surface area contributed by atoms with E-state index in [-0.39, 0.29) is 5.43 Å². The Labute approximate surface area is 168 Å². The van der Waals surface area contributed by atoms with Crippen LogP contribution >= 0.6 is 11.6 Å². The summed E-state index contributed by atoms with van der Waals surface area (Å²) in [5.74, 6) is 0. The number of pyridine rings is 3. The number of benzene rings is 1. The summed E-state index contributed by atoms with van der Waals surface area (Å²) in [5, 5.41) is 1.01. The standard InChI is InChI=1S/C22H15BClN3O/c1-14(15-9-10-21(24)25-11-15)18-13-27(12-16-5-4-8-20(23)26-16)19-7-3-2-6-17(19)22(18)28/h2-11,13H,1,12H2. The van der Waals surface area contributed by atoms with Crippen molar-refractivity contribution in [3.8, 4) is 0 Å². The van der Waals surface area contributed by atoms with Gasteiger partial charge in [0.2, 0.25) is 0 Å². The van der Waals surface area contributed by atoms with Crippen LogP contribution in [0.4, 0.5) is 0 Å². The highest BCUT2D eigenvalue weighted by atomic mass is 35.5. The van der Waals surface area contributed by atoms with Crippen molar-refractivity contribution in [3.63, 3.8) is 0 Å². The number of aromatic nitrogens is 3. The first kappa shape index (κ1) is 18.2. The van der Waals surface area contributed by atoms with Crippen molar-refractivity contribution in [2.24, 2.45) is 0 Å². The van der Waals surface area contributed by atoms with Crippen LogP contribution in [-0.4, -0.2) is 22.4 Å². The lowest BCUT2D eigenvalue weighted by Gasteiger charge is -2.15. The molecule has 0 amide bonds. The van der Waals surface area contributed by atoms with Crippen molar-refractivity contribution in [1.29, 1.82) is 0 Å². The van der Waals surface area contributed by atoms with E-state index in [0.29, 0.717) is 33.8 Å². The van der Waals surface area contributed by atoms with E-state index in [1.165, 1.54) is 0 Å². The minimum absolute atomic E-state index is 0.0765. The third-order valence-corrected chi connectivity index (χ3v) is 4.77. The van der Waals surface area contributed by atoms with Gasteiger partial charge in [-0.2, -0.15) is 0 Å². The summed E-state index contributed by atoms with van der Waals surface area (Å²) in [7, 11) is 5.81. The van der Waals surface area contributed by atoms with Crippen LogP contribution in [0.5, 0.6) is 0 Å². The van der Waals surface area contributed by atoms with Gasteiger partial charge in [0.05, 0.1) is 17.8 Å². The molecule has 0 N–H and O–H groups in total. The molecule has 1 aromatic carbocycles. The lowest BCUT2D eigenvalue weighted by atomic mass is 10.00. The van der Waals surface area contributed by atoms with Gasteiger partial charge in [-0.25, -0.2) is 4.98 Å². The molecule has 0 spiro atoms. The van der Waals surface area contributed by atoms with Gasteiger partial charge < -0.3 is 4.57 Å². The van der Waals surface area contributed by atoms with E-state index in [1.54, 1.807) is 24.4 Å². The Morgan fingerprint density at radius 1 is 1.11 bits per heavy atom. The average molecular weight is 384 g/mol. The third kappa shape index (κ3) is 3.49. The largest absolute Gasteiger partial charge is 0.341 e. The van der Waals surface area contributed by atoms with Crippen LogP contribution in [0.2, 0.25) is 5.15 Å². The second-order valence-electron chi connectivity index (χ2n) is 6.42. The van der Waals surface area contributed by atoms with Gasteiger partial charge in [0.25, 0.3) is 0 Å². The highest BCUT2D eigenvalue weighted by Crippen LogP contribution is 2.22. The SMILES string of the molecule is [B]c1cccc(Cn2cc(C(=C)c3ccc(Cl)nc3)c(=O)c3ccccc32)n1. The van der Waals surface area contributed by atoms with Gasteiger partial charge in [0.15, 0.2) is 5.43 Å². The zero-order chi connectivity index (χ0) is 19.7. The number of para-hydroxylation sites is 1. The smallest absolute Gasteiger partial charge is 0.197 e. The number of fused-ring (bicyclic) bond motifs is 1. The number of halogens is 1. The zero-order valence-corrected chi connectivity index (χ0v) is 15.7. The molecule has 4 aromatic rings. The number of nitrogens with zero attached hydrogens (tertiary/aromatic N) is 3. The quantitative estimate of drug-likeness (QED) is 0.401. The molecule has 0 aliphatic carbocycles. The molecule has 3 aromatic heterocycles. The van der Waals surface area contributed by atoms with Crippen molar-refractivity contribution in [3.05, 3.63) is 106 Å². The van der Waals surface area contributed by atoms with Crippen LogP contribution in [0.1, 0.15) is 16.8 Å². The molecular weight excluding hydrogens is 369 g/mol. The van der Waals surface area contributed by atoms with Crippen molar-refractivity contribution < 1.29 is 0 Å². The summed E-state index contributed by atoms with van der Waals surface area (Å²) in [6.45, 7) is 4.60. The van der Waals surface area contributed by atoms with Crippen molar-refractivity contribution >= 4 is 41.5 Å². The first-order valence-electron chi connectivity index (χ1n) is 8.68. The first-order chi connectivity index (χ1) is 13.5. The highest BCUT2D eigenvalue weighted by molar-refractivity contribution is 6.30. The Morgan fingerprint density at radius 2 is 1.93 bits per heavy atom. The van der Waals surface area contributed by atoms with Gasteiger partial charge in [-0.3, -0.25) is 9.78 Å². The van der Waals surface area contributed by atoms with Gasteiger partial charge in [-0.1, -0.05) is 42.4 Å². The molecule has 0 saturated carbocycles. The summed E-state index contributed by atoms with van der Waals surface area (Å²) in [5.41, 5.74) is 3.85. The van der Waals surface area contributed by atoms with E-state index in [4.69, 9.17) is 19.4 Å². The predicted molar refractivity (Wildman–Crippen MR) is 114 cm³/mol. The number of hydrogen-bond donors (Lipinski definition) is 0. The fourth-order valence-corrected chi connectivity index (χ4v) is 3.27. The van der Waals surface area contributed by atoms with Gasteiger partial charge in [0, 0.05) is 28.9 Å². The van der Waals surface area contributed by atoms with E-state index in [9.17, 15) is 4.79 Å². The number of hydrogen-bond acceptors (Lipinski definition) is 3. The van der Waals surface area contributed by atoms with Gasteiger partial charge in [-0.15, -0.1) is 0 Å². The lowest BCUT2D eigenvalue weighted by Crippen LogP contribution is -2.17. The van der Waals surface area contributed by atoms with Gasteiger partial charge >= 0.3 is 0 Å². The maximum Gasteiger partial charge on any atom is 0.197 e. The Bertz CT molecular complexity index is 1250. The Balaban J connectivity index is 1.87. The molecule has 0 aliphatic heterocycles. The molecule has 4 rings (SSSR count). The fourth-order valence-electron chi connectivity index (χ4n) is 3.16. The minimum atomic E-state index is -0.0765. The van der Waals surface area contributed by atoms with E-state index in [1.807, 2.05) is 47.2 Å². The average Bonchev–Trinajstić information content (AvgIpc) is 2.70. The summed E-state index contributed by atoms with van der Waals surface area (Å²) in [6.07, 6.45) is 3.43. The van der Waals surface area contributed by atoms with Crippen LogP contribution in [0.25, 0.3) is 16.5 Å². The lowest BCUT2D eigenvalue weighted by molar-refractivity contribution is 0.799. The van der Waals surface area contributed by atoms with E-state index >= 15 is 0 Å². The fraction of sp³-hybridized carbons (Fsp3) is 0.0455. The molecule has 0 fully saturated rings. The molecule has 134 valence electrons. The Kier molecular flexibility index (Phi) is 4.84. The monoisotopic (exact) mass is 383 g/mol. The van der Waals surface area contributed by atoms with Crippen LogP contribution in [0, 0.1) is 0 Å². The van der Waals surface area contributed by atoms with Gasteiger partial charge in [-0.05, 0) is 41.5 Å². The Morgan fingerprint density at radius 3 is 2.68 bits per heavy atom. The third-order valence-electron chi connectivity index (χ3n) is 4.55. The molecule has 4 nitrogen and oxygen atoms in total. The highest BCUT2D eigenvalue weighted by Gasteiger charge is 2.13. The van der Waals surface area contributed by atoms with E-state index in [2.05, 4.69) is 16.5 Å². The first-order valence-corrected chi connectivity index (χ1v) is 9.05. The molecule has 2 radical (unpaired) electrons. The maximum absolute atomic E-state index is 13.1. The molecule has 3 heterocycles. The van der Waals surface area contributed by atoms with E-state index in [0.717, 1.165) is 16.8 Å². The number of rotatable bonds is 4. The van der Waals surface area contributed by atoms with Gasteiger partial charge in [0.1, 0.15) is 13.0 Å². The summed E-state index contributed by atoms with van der Waals surface area (Å²) in [6, 6.07) is 16.5. The van der Waals surface area contributed by atoms with Crippen LogP contribution in [0.15, 0.2) is 78.4 Å². The molecule has 0 atom stereocenters. The summed E-state index contributed by atoms with van der Waals surface area (Å²) in [4.78, 5) is 21.6. The molecule has 0 aliphatic rings.